The van der Waals surface area contributed by atoms with Crippen LogP contribution in [0, 0.1) is 12.7 Å². The number of aromatic nitrogens is 4. The maximum Gasteiger partial charge on any atom is 0.387 e. The van der Waals surface area contributed by atoms with E-state index in [1.165, 1.54) is 12.4 Å². The molecule has 0 aliphatic heterocycles. The third kappa shape index (κ3) is 4.46. The lowest BCUT2D eigenvalue weighted by Crippen LogP contribution is -2.22. The van der Waals surface area contributed by atoms with Crippen LogP contribution >= 0.6 is 11.6 Å². The van der Waals surface area contributed by atoms with E-state index in [0.717, 1.165) is 12.1 Å². The zero-order valence-electron chi connectivity index (χ0n) is 22.3. The molecule has 0 saturated heterocycles. The molecular weight excluding hydrogens is 493 g/mol. The summed E-state index contributed by atoms with van der Waals surface area (Å²) in [6.07, 6.45) is 6.63. The topological polar surface area (TPSA) is 76.0 Å². The Labute approximate surface area is 215 Å². The molecule has 1 aromatic carbocycles. The SMILES string of the molecule is [2H]C([2H])([2H])c1c(-c2cnc3[nH]cc([C@H](C)c4c(OC(F)F)ccc(F)c4Cl)c3c2)cnn1C1CCC(O)CC1. The first-order valence-electron chi connectivity index (χ1n) is 13.1. The highest BCUT2D eigenvalue weighted by atomic mass is 35.5. The largest absolute Gasteiger partial charge is 0.434 e. The number of halogens is 4. The Kier molecular flexibility index (Phi) is 5.73. The average molecular weight is 522 g/mol. The zero-order chi connectivity index (χ0) is 28.1. The van der Waals surface area contributed by atoms with Gasteiger partial charge in [0, 0.05) is 50.2 Å². The molecule has 0 unspecified atom stereocenters. The van der Waals surface area contributed by atoms with Crippen molar-refractivity contribution in [3.63, 3.8) is 0 Å². The summed E-state index contributed by atoms with van der Waals surface area (Å²) in [6.45, 7) is -3.92. The Balaban J connectivity index is 1.60. The molecule has 4 aromatic rings. The predicted octanol–water partition coefficient (Wildman–Crippen LogP) is 6.76. The molecule has 1 saturated carbocycles. The van der Waals surface area contributed by atoms with E-state index in [1.54, 1.807) is 23.9 Å². The smallest absolute Gasteiger partial charge is 0.387 e. The lowest BCUT2D eigenvalue weighted by Gasteiger charge is -2.26. The number of aromatic amines is 1. The Bertz CT molecular complexity index is 1500. The molecular formula is C26H26ClF3N4O2. The first-order chi connectivity index (χ1) is 18.5. The van der Waals surface area contributed by atoms with Gasteiger partial charge in [-0.2, -0.15) is 13.9 Å². The van der Waals surface area contributed by atoms with Crippen LogP contribution in [0.2, 0.25) is 5.02 Å². The van der Waals surface area contributed by atoms with Crippen molar-refractivity contribution >= 4 is 22.6 Å². The van der Waals surface area contributed by atoms with Crippen molar-refractivity contribution in [3.05, 3.63) is 64.5 Å². The quantitative estimate of drug-likeness (QED) is 0.294. The fourth-order valence-electron chi connectivity index (χ4n) is 4.99. The number of fused-ring (bicyclic) bond motifs is 1. The molecule has 6 nitrogen and oxygen atoms in total. The molecule has 5 rings (SSSR count). The fraction of sp³-hybridized carbons (Fsp3) is 0.385. The highest BCUT2D eigenvalue weighted by Crippen LogP contribution is 2.42. The molecule has 1 fully saturated rings. The van der Waals surface area contributed by atoms with E-state index in [1.807, 2.05) is 0 Å². The minimum Gasteiger partial charge on any atom is -0.434 e. The molecule has 190 valence electrons. The van der Waals surface area contributed by atoms with Gasteiger partial charge in [0.05, 0.1) is 23.4 Å². The van der Waals surface area contributed by atoms with Crippen LogP contribution in [-0.2, 0) is 0 Å². The summed E-state index contributed by atoms with van der Waals surface area (Å²) in [6, 6.07) is 3.67. The van der Waals surface area contributed by atoms with Crippen molar-refractivity contribution in [2.24, 2.45) is 0 Å². The maximum absolute atomic E-state index is 14.4. The van der Waals surface area contributed by atoms with Crippen LogP contribution in [0.5, 0.6) is 5.75 Å². The number of aliphatic hydroxyl groups excluding tert-OH is 1. The second kappa shape index (κ2) is 9.78. The van der Waals surface area contributed by atoms with E-state index in [9.17, 15) is 18.3 Å². The summed E-state index contributed by atoms with van der Waals surface area (Å²) in [5.41, 5.74) is 2.07. The van der Waals surface area contributed by atoms with Crippen LogP contribution in [-0.4, -0.2) is 37.6 Å². The first kappa shape index (κ1) is 21.1. The Morgan fingerprint density at radius 1 is 1.25 bits per heavy atom. The number of pyridine rings is 1. The maximum atomic E-state index is 14.4. The molecule has 2 N–H and O–H groups in total. The number of hydrogen-bond acceptors (Lipinski definition) is 4. The summed E-state index contributed by atoms with van der Waals surface area (Å²) in [5.74, 6) is -1.71. The predicted molar refractivity (Wildman–Crippen MR) is 131 cm³/mol. The molecule has 3 aromatic heterocycles. The molecule has 10 heteroatoms. The number of aliphatic hydroxyl groups is 1. The lowest BCUT2D eigenvalue weighted by molar-refractivity contribution is -0.0505. The van der Waals surface area contributed by atoms with E-state index in [2.05, 4.69) is 19.8 Å². The summed E-state index contributed by atoms with van der Waals surface area (Å²) < 4.78 is 71.4. The molecule has 1 aliphatic carbocycles. The van der Waals surface area contributed by atoms with Gasteiger partial charge in [0.1, 0.15) is 17.2 Å². The van der Waals surface area contributed by atoms with Crippen LogP contribution < -0.4 is 4.74 Å². The molecule has 1 aliphatic rings. The van der Waals surface area contributed by atoms with Crippen molar-refractivity contribution in [1.29, 1.82) is 0 Å². The number of alkyl halides is 2. The van der Waals surface area contributed by atoms with Gasteiger partial charge in [-0.05, 0) is 56.3 Å². The summed E-state index contributed by atoms with van der Waals surface area (Å²) in [7, 11) is 0. The van der Waals surface area contributed by atoms with Gasteiger partial charge >= 0.3 is 6.61 Å². The Morgan fingerprint density at radius 2 is 2.03 bits per heavy atom. The number of benzene rings is 1. The van der Waals surface area contributed by atoms with Crippen molar-refractivity contribution in [3.8, 4) is 16.9 Å². The van der Waals surface area contributed by atoms with Crippen LogP contribution in [0.1, 0.15) is 65.5 Å². The minimum atomic E-state index is -3.13. The van der Waals surface area contributed by atoms with Crippen LogP contribution in [0.25, 0.3) is 22.2 Å². The van der Waals surface area contributed by atoms with Gasteiger partial charge < -0.3 is 14.8 Å². The van der Waals surface area contributed by atoms with E-state index in [4.69, 9.17) is 15.7 Å². The molecule has 0 amide bonds. The normalized spacial score (nSPS) is 20.8. The highest BCUT2D eigenvalue weighted by Gasteiger charge is 2.26. The number of hydrogen-bond donors (Lipinski definition) is 2. The third-order valence-electron chi connectivity index (χ3n) is 6.89. The number of ether oxygens (including phenoxy) is 1. The van der Waals surface area contributed by atoms with Gasteiger partial charge in [0.25, 0.3) is 0 Å². The number of rotatable bonds is 6. The standard InChI is InChI=1S/C26H26ClF3N4O2/c1-13(23-22(36-26(29)30)8-7-21(28)24(23)27)19-11-32-25-18(19)9-15(10-31-25)20-12-33-34(14(20)2)16-3-5-17(35)6-4-16/h7-13,16-17,26,35H,3-6H2,1-2H3,(H,31,32)/t13-,16?,17?/m0/s1/i2D3. The second-order valence-corrected chi connectivity index (χ2v) is 9.43. The van der Waals surface area contributed by atoms with Crippen molar-refractivity contribution in [2.45, 2.75) is 64.1 Å². The van der Waals surface area contributed by atoms with E-state index in [-0.39, 0.29) is 28.1 Å². The number of nitrogens with one attached hydrogen (secondary N) is 1. The number of nitrogens with zero attached hydrogens (tertiary/aromatic N) is 3. The van der Waals surface area contributed by atoms with Gasteiger partial charge in [-0.1, -0.05) is 18.5 Å². The zero-order valence-corrected chi connectivity index (χ0v) is 20.1. The number of H-pyrrole nitrogens is 1. The highest BCUT2D eigenvalue weighted by molar-refractivity contribution is 6.31. The van der Waals surface area contributed by atoms with Gasteiger partial charge in [0.2, 0.25) is 0 Å². The fourth-order valence-corrected chi connectivity index (χ4v) is 5.31. The van der Waals surface area contributed by atoms with E-state index >= 15 is 0 Å². The summed E-state index contributed by atoms with van der Waals surface area (Å²) in [4.78, 5) is 7.48. The van der Waals surface area contributed by atoms with Crippen LogP contribution in [0.4, 0.5) is 13.2 Å². The third-order valence-corrected chi connectivity index (χ3v) is 7.27. The molecule has 0 spiro atoms. The average Bonchev–Trinajstić information content (AvgIpc) is 3.51. The van der Waals surface area contributed by atoms with Crippen LogP contribution in [0.3, 0.4) is 0 Å². The minimum absolute atomic E-state index is 0.0544. The van der Waals surface area contributed by atoms with Crippen molar-refractivity contribution in [1.82, 2.24) is 19.7 Å². The van der Waals surface area contributed by atoms with Gasteiger partial charge in [-0.25, -0.2) is 9.37 Å². The Hall–Kier alpha value is -3.04. The van der Waals surface area contributed by atoms with Gasteiger partial charge in [0.15, 0.2) is 0 Å². The molecule has 0 radical (unpaired) electrons. The molecule has 1 atom stereocenters. The summed E-state index contributed by atoms with van der Waals surface area (Å²) in [5, 5.41) is 14.6. The van der Waals surface area contributed by atoms with Gasteiger partial charge in [-0.15, -0.1) is 0 Å². The Morgan fingerprint density at radius 3 is 2.75 bits per heavy atom. The van der Waals surface area contributed by atoms with E-state index in [0.29, 0.717) is 53.4 Å². The molecule has 3 heterocycles. The first-order valence-corrected chi connectivity index (χ1v) is 12.0. The monoisotopic (exact) mass is 521 g/mol. The van der Waals surface area contributed by atoms with Crippen molar-refractivity contribution < 1.29 is 27.1 Å². The van der Waals surface area contributed by atoms with Crippen LogP contribution in [0.15, 0.2) is 36.8 Å². The molecule has 36 heavy (non-hydrogen) atoms. The lowest BCUT2D eigenvalue weighted by atomic mass is 9.91. The second-order valence-electron chi connectivity index (χ2n) is 9.05. The van der Waals surface area contributed by atoms with Gasteiger partial charge in [-0.3, -0.25) is 4.68 Å². The molecule has 0 bridgehead atoms. The summed E-state index contributed by atoms with van der Waals surface area (Å²) >= 11 is 6.21. The van der Waals surface area contributed by atoms with E-state index < -0.39 is 31.3 Å². The van der Waals surface area contributed by atoms with Crippen molar-refractivity contribution in [2.75, 3.05) is 0 Å².